The molecule has 0 aliphatic carbocycles. The van der Waals surface area contributed by atoms with Crippen molar-refractivity contribution in [2.45, 2.75) is 39.5 Å². The second-order valence-corrected chi connectivity index (χ2v) is 6.81. The number of amides is 2. The summed E-state index contributed by atoms with van der Waals surface area (Å²) < 4.78 is 0. The average Bonchev–Trinajstić information content (AvgIpc) is 2.94. The van der Waals surface area contributed by atoms with Gasteiger partial charge in [-0.2, -0.15) is 0 Å². The second kappa shape index (κ2) is 9.47. The van der Waals surface area contributed by atoms with Crippen LogP contribution >= 0.6 is 11.8 Å². The normalized spacial score (nSPS) is 14.0. The van der Waals surface area contributed by atoms with Gasteiger partial charge in [-0.25, -0.2) is 0 Å². The monoisotopic (exact) mass is 347 g/mol. The fourth-order valence-corrected chi connectivity index (χ4v) is 3.26. The highest BCUT2D eigenvalue weighted by atomic mass is 32.2. The Kier molecular flexibility index (Phi) is 7.31. The van der Waals surface area contributed by atoms with Crippen molar-refractivity contribution >= 4 is 34.4 Å². The maximum atomic E-state index is 12.1. The van der Waals surface area contributed by atoms with Gasteiger partial charge in [-0.3, -0.25) is 19.5 Å². The zero-order chi connectivity index (χ0) is 17.4. The molecule has 0 atom stereocenters. The van der Waals surface area contributed by atoms with Gasteiger partial charge in [0.1, 0.15) is 6.54 Å². The first kappa shape index (κ1) is 18.5. The van der Waals surface area contributed by atoms with Crippen molar-refractivity contribution in [2.24, 2.45) is 4.99 Å². The quantitative estimate of drug-likeness (QED) is 0.735. The summed E-state index contributed by atoms with van der Waals surface area (Å²) in [6.45, 7) is 5.03. The lowest BCUT2D eigenvalue weighted by Gasteiger charge is -2.18. The van der Waals surface area contributed by atoms with Crippen LogP contribution in [-0.4, -0.2) is 35.8 Å². The van der Waals surface area contributed by atoms with Crippen molar-refractivity contribution in [2.75, 3.05) is 23.7 Å². The first-order valence-corrected chi connectivity index (χ1v) is 9.44. The number of aliphatic imine (C=N–C) groups is 1. The van der Waals surface area contributed by atoms with E-state index in [2.05, 4.69) is 17.2 Å². The van der Waals surface area contributed by atoms with Crippen molar-refractivity contribution in [1.82, 2.24) is 5.32 Å². The molecule has 24 heavy (non-hydrogen) atoms. The maximum absolute atomic E-state index is 12.1. The van der Waals surface area contributed by atoms with Crippen molar-refractivity contribution in [1.29, 1.82) is 0 Å². The lowest BCUT2D eigenvalue weighted by atomic mass is 10.2. The number of hydrogen-bond donors (Lipinski definition) is 1. The van der Waals surface area contributed by atoms with Crippen LogP contribution < -0.4 is 10.2 Å². The molecule has 0 radical (unpaired) electrons. The minimum absolute atomic E-state index is 0.0117. The third-order valence-electron chi connectivity index (χ3n) is 3.77. The van der Waals surface area contributed by atoms with E-state index in [1.54, 1.807) is 4.90 Å². The Morgan fingerprint density at radius 2 is 2.00 bits per heavy atom. The van der Waals surface area contributed by atoms with Crippen LogP contribution in [0.1, 0.15) is 38.2 Å². The molecule has 1 heterocycles. The molecule has 1 aliphatic heterocycles. The van der Waals surface area contributed by atoms with E-state index in [0.29, 0.717) is 11.7 Å². The Morgan fingerprint density at radius 1 is 1.25 bits per heavy atom. The molecular formula is C18H25N3O2S. The smallest absolute Gasteiger partial charge is 0.254 e. The molecule has 0 saturated heterocycles. The zero-order valence-electron chi connectivity index (χ0n) is 14.4. The van der Waals surface area contributed by atoms with Crippen LogP contribution in [0.15, 0.2) is 29.3 Å². The van der Waals surface area contributed by atoms with Crippen LogP contribution in [0.2, 0.25) is 0 Å². The third-order valence-corrected chi connectivity index (χ3v) is 4.74. The van der Waals surface area contributed by atoms with Gasteiger partial charge in [0, 0.05) is 6.54 Å². The van der Waals surface area contributed by atoms with E-state index in [1.165, 1.54) is 24.6 Å². The predicted molar refractivity (Wildman–Crippen MR) is 101 cm³/mol. The summed E-state index contributed by atoms with van der Waals surface area (Å²) in [7, 11) is 0. The summed E-state index contributed by atoms with van der Waals surface area (Å²) in [5, 5.41) is 3.52. The van der Waals surface area contributed by atoms with Crippen LogP contribution in [0.3, 0.4) is 0 Å². The Morgan fingerprint density at radius 3 is 2.71 bits per heavy atom. The van der Waals surface area contributed by atoms with Gasteiger partial charge in [0.2, 0.25) is 5.91 Å². The van der Waals surface area contributed by atoms with Crippen molar-refractivity contribution in [3.05, 3.63) is 29.8 Å². The summed E-state index contributed by atoms with van der Waals surface area (Å²) >= 11 is 1.31. The lowest BCUT2D eigenvalue weighted by molar-refractivity contribution is -0.118. The minimum Gasteiger partial charge on any atom is -0.355 e. The molecule has 5 nitrogen and oxygen atoms in total. The van der Waals surface area contributed by atoms with Crippen LogP contribution in [0.4, 0.5) is 5.69 Å². The lowest BCUT2D eigenvalue weighted by Crippen LogP contribution is -2.32. The molecule has 0 unspecified atom stereocenters. The molecular weight excluding hydrogens is 322 g/mol. The van der Waals surface area contributed by atoms with Gasteiger partial charge in [0.25, 0.3) is 5.91 Å². The predicted octanol–water partition coefficient (Wildman–Crippen LogP) is 3.13. The van der Waals surface area contributed by atoms with Crippen molar-refractivity contribution in [3.63, 3.8) is 0 Å². The number of hydrogen-bond acceptors (Lipinski definition) is 4. The van der Waals surface area contributed by atoms with Crippen molar-refractivity contribution < 1.29 is 9.59 Å². The number of amidine groups is 1. The topological polar surface area (TPSA) is 61.8 Å². The Bertz CT molecular complexity index is 599. The molecule has 0 fully saturated rings. The number of carbonyl (C=O) groups excluding carboxylic acids is 2. The number of thioether (sulfide) groups is 1. The molecule has 130 valence electrons. The standard InChI is InChI=1S/C18H25N3O2S/c1-3-4-5-6-11-19-16(22)13-24-18-20-12-17(23)21(18)15-9-7-14(2)8-10-15/h7-10H,3-6,11-13H2,1-2H3,(H,19,22). The fraction of sp³-hybridized carbons (Fsp3) is 0.500. The summed E-state index contributed by atoms with van der Waals surface area (Å²) in [5.74, 6) is 0.214. The molecule has 0 saturated carbocycles. The van der Waals surface area contributed by atoms with E-state index >= 15 is 0 Å². The largest absolute Gasteiger partial charge is 0.355 e. The van der Waals surface area contributed by atoms with Gasteiger partial charge < -0.3 is 5.32 Å². The second-order valence-electron chi connectivity index (χ2n) is 5.86. The highest BCUT2D eigenvalue weighted by molar-refractivity contribution is 8.14. The van der Waals surface area contributed by atoms with Gasteiger partial charge in [-0.05, 0) is 25.5 Å². The van der Waals surface area contributed by atoms with E-state index in [1.807, 2.05) is 31.2 Å². The number of nitrogens with zero attached hydrogens (tertiary/aromatic N) is 2. The third kappa shape index (κ3) is 5.37. The molecule has 2 amide bonds. The summed E-state index contributed by atoms with van der Waals surface area (Å²) in [5.41, 5.74) is 1.94. The SMILES string of the molecule is CCCCCCNC(=O)CSC1=NCC(=O)N1c1ccc(C)cc1. The molecule has 0 aromatic heterocycles. The first-order valence-electron chi connectivity index (χ1n) is 8.45. The van der Waals surface area contributed by atoms with Gasteiger partial charge in [0.15, 0.2) is 5.17 Å². The molecule has 1 aromatic rings. The van der Waals surface area contributed by atoms with Crippen molar-refractivity contribution in [3.8, 4) is 0 Å². The van der Waals surface area contributed by atoms with Gasteiger partial charge in [-0.15, -0.1) is 0 Å². The Labute approximate surface area is 147 Å². The highest BCUT2D eigenvalue weighted by Gasteiger charge is 2.27. The number of rotatable bonds is 8. The van der Waals surface area contributed by atoms with E-state index in [9.17, 15) is 9.59 Å². The highest BCUT2D eigenvalue weighted by Crippen LogP contribution is 2.24. The minimum atomic E-state index is -0.0543. The van der Waals surface area contributed by atoms with Crippen LogP contribution in [-0.2, 0) is 9.59 Å². The van der Waals surface area contributed by atoms with Crippen LogP contribution in [0, 0.1) is 6.92 Å². The van der Waals surface area contributed by atoms with E-state index in [0.717, 1.165) is 24.1 Å². The number of carbonyl (C=O) groups is 2. The first-order chi connectivity index (χ1) is 11.6. The Balaban J connectivity index is 1.81. The number of nitrogens with one attached hydrogen (secondary N) is 1. The van der Waals surface area contributed by atoms with E-state index in [4.69, 9.17) is 0 Å². The van der Waals surface area contributed by atoms with Crippen LogP contribution in [0.25, 0.3) is 0 Å². The fourth-order valence-electron chi connectivity index (χ4n) is 2.40. The average molecular weight is 347 g/mol. The molecule has 2 rings (SSSR count). The number of benzene rings is 1. The number of anilines is 1. The zero-order valence-corrected chi connectivity index (χ0v) is 15.2. The van der Waals surface area contributed by atoms with E-state index in [-0.39, 0.29) is 24.1 Å². The molecule has 0 bridgehead atoms. The summed E-state index contributed by atoms with van der Waals surface area (Å²) in [6.07, 6.45) is 4.55. The Hall–Kier alpha value is -1.82. The van der Waals surface area contributed by atoms with Gasteiger partial charge >= 0.3 is 0 Å². The maximum Gasteiger partial charge on any atom is 0.254 e. The summed E-state index contributed by atoms with van der Waals surface area (Å²) in [6, 6.07) is 7.74. The summed E-state index contributed by atoms with van der Waals surface area (Å²) in [4.78, 5) is 29.9. The van der Waals surface area contributed by atoms with Crippen LogP contribution in [0.5, 0.6) is 0 Å². The van der Waals surface area contributed by atoms with E-state index < -0.39 is 0 Å². The molecule has 1 aromatic carbocycles. The molecule has 6 heteroatoms. The molecule has 0 spiro atoms. The molecule has 1 N–H and O–H groups in total. The van der Waals surface area contributed by atoms with Gasteiger partial charge in [-0.1, -0.05) is 55.6 Å². The molecule has 1 aliphatic rings. The number of aryl methyl sites for hydroxylation is 1. The number of unbranched alkanes of at least 4 members (excludes halogenated alkanes) is 3. The van der Waals surface area contributed by atoms with Gasteiger partial charge in [0.05, 0.1) is 11.4 Å².